The van der Waals surface area contributed by atoms with Crippen molar-refractivity contribution in [2.24, 2.45) is 0 Å². The summed E-state index contributed by atoms with van der Waals surface area (Å²) in [5.74, 6) is -0.440. The number of esters is 1. The predicted octanol–water partition coefficient (Wildman–Crippen LogP) is 0.775. The van der Waals surface area contributed by atoms with E-state index in [0.717, 1.165) is 12.3 Å². The molecular formula is C6H7ClO3. The zero-order valence-corrected chi connectivity index (χ0v) is 6.13. The van der Waals surface area contributed by atoms with Crippen LogP contribution in [0.5, 0.6) is 0 Å². The molecule has 1 atom stereocenters. The van der Waals surface area contributed by atoms with E-state index in [1.807, 2.05) is 0 Å². The van der Waals surface area contributed by atoms with E-state index in [2.05, 4.69) is 10.5 Å². The molecule has 0 saturated carbocycles. The molecule has 10 heavy (non-hydrogen) atoms. The van der Waals surface area contributed by atoms with Crippen LogP contribution in [-0.2, 0) is 9.53 Å². The molecule has 0 aromatic heterocycles. The normalized spacial score (nSPS) is 11.1. The molecule has 0 aromatic rings. The van der Waals surface area contributed by atoms with Crippen molar-refractivity contribution in [2.75, 3.05) is 0 Å². The number of alkyl halides is 1. The fraction of sp³-hybridized carbons (Fsp3) is 0.333. The van der Waals surface area contributed by atoms with Crippen LogP contribution in [0.3, 0.4) is 0 Å². The quantitative estimate of drug-likeness (QED) is 0.283. The maximum atomic E-state index is 10.1. The molecule has 1 unspecified atom stereocenters. The second-order valence-corrected chi connectivity index (χ2v) is 1.88. The Morgan fingerprint density at radius 2 is 2.50 bits per heavy atom. The Morgan fingerprint density at radius 3 is 2.90 bits per heavy atom. The molecule has 3 nitrogen and oxygen atoms in total. The number of hydrogen-bond acceptors (Lipinski definition) is 3. The molecule has 0 amide bonds. The molecule has 0 rings (SSSR count). The van der Waals surface area contributed by atoms with Crippen LogP contribution < -0.4 is 0 Å². The smallest absolute Gasteiger partial charge is 0.308 e. The maximum Gasteiger partial charge on any atom is 0.308 e. The molecule has 0 radical (unpaired) electrons. The third-order valence-electron chi connectivity index (χ3n) is 0.527. The lowest BCUT2D eigenvalue weighted by Gasteiger charge is -1.86. The molecule has 0 fully saturated rings. The fourth-order valence-corrected chi connectivity index (χ4v) is 0.308. The largest absolute Gasteiger partial charge is 0.426 e. The first-order valence-corrected chi connectivity index (χ1v) is 2.97. The van der Waals surface area contributed by atoms with Crippen molar-refractivity contribution in [3.8, 4) is 0 Å². The van der Waals surface area contributed by atoms with Gasteiger partial charge in [-0.25, -0.2) is 0 Å². The van der Waals surface area contributed by atoms with Crippen LogP contribution in [0.1, 0.15) is 6.92 Å². The van der Waals surface area contributed by atoms with Crippen LogP contribution in [0.4, 0.5) is 0 Å². The molecule has 56 valence electrons. The minimum Gasteiger partial charge on any atom is -0.426 e. The van der Waals surface area contributed by atoms with E-state index in [0.29, 0.717) is 0 Å². The lowest BCUT2D eigenvalue weighted by Crippen LogP contribution is -1.89. The summed E-state index contributed by atoms with van der Waals surface area (Å²) in [5, 5.41) is 8.40. The Kier molecular flexibility index (Phi) is 4.67. The van der Waals surface area contributed by atoms with E-state index in [1.165, 1.54) is 6.92 Å². The molecule has 0 aliphatic rings. The highest BCUT2D eigenvalue weighted by Crippen LogP contribution is 1.88. The highest BCUT2D eigenvalue weighted by atomic mass is 35.5. The van der Waals surface area contributed by atoms with Crippen molar-refractivity contribution in [1.82, 2.24) is 0 Å². The van der Waals surface area contributed by atoms with Gasteiger partial charge in [0.15, 0.2) is 5.56 Å². The van der Waals surface area contributed by atoms with Crippen LogP contribution in [-0.4, -0.2) is 16.6 Å². The third-order valence-corrected chi connectivity index (χ3v) is 0.653. The first-order chi connectivity index (χ1) is 4.63. The lowest BCUT2D eigenvalue weighted by atomic mass is 10.6. The maximum absolute atomic E-state index is 10.1. The van der Waals surface area contributed by atoms with Crippen LogP contribution in [0.2, 0.25) is 0 Å². The standard InChI is InChI=1S/C6H7ClO3/c1-5(8)10-4-2-3-6(7)9/h3-4,6,9H,1H3. The van der Waals surface area contributed by atoms with Crippen molar-refractivity contribution in [3.63, 3.8) is 0 Å². The van der Waals surface area contributed by atoms with Gasteiger partial charge in [-0.1, -0.05) is 17.3 Å². The summed E-state index contributed by atoms with van der Waals surface area (Å²) < 4.78 is 4.32. The minimum atomic E-state index is -1.09. The molecule has 1 N–H and O–H groups in total. The third kappa shape index (κ3) is 7.24. The van der Waals surface area contributed by atoms with Crippen molar-refractivity contribution in [2.45, 2.75) is 12.5 Å². The average Bonchev–Trinajstić information content (AvgIpc) is 1.79. The lowest BCUT2D eigenvalue weighted by molar-refractivity contribution is -0.135. The summed E-state index contributed by atoms with van der Waals surface area (Å²) in [6.07, 6.45) is 2.17. The molecule has 0 aliphatic carbocycles. The number of ether oxygens (including phenoxy) is 1. The summed E-state index contributed by atoms with van der Waals surface area (Å²) >= 11 is 5.07. The summed E-state index contributed by atoms with van der Waals surface area (Å²) in [7, 11) is 0. The van der Waals surface area contributed by atoms with Crippen LogP contribution >= 0.6 is 11.6 Å². The van der Waals surface area contributed by atoms with Crippen LogP contribution in [0.25, 0.3) is 0 Å². The Bertz CT molecular complexity index is 168. The van der Waals surface area contributed by atoms with Crippen molar-refractivity contribution in [3.05, 3.63) is 18.1 Å². The molecule has 0 spiro atoms. The first kappa shape index (κ1) is 9.24. The highest BCUT2D eigenvalue weighted by Gasteiger charge is 1.85. The molecule has 0 saturated heterocycles. The van der Waals surface area contributed by atoms with Gasteiger partial charge in [0, 0.05) is 13.0 Å². The minimum absolute atomic E-state index is 0.440. The number of aliphatic hydroxyl groups excluding tert-OH is 1. The Labute approximate surface area is 63.6 Å². The highest BCUT2D eigenvalue weighted by molar-refractivity contribution is 6.20. The van der Waals surface area contributed by atoms with Gasteiger partial charge in [-0.15, -0.1) is 0 Å². The molecule has 0 bridgehead atoms. The van der Waals surface area contributed by atoms with E-state index in [-0.39, 0.29) is 0 Å². The fourth-order valence-electron chi connectivity index (χ4n) is 0.236. The van der Waals surface area contributed by atoms with E-state index < -0.39 is 11.5 Å². The number of carbonyl (C=O) groups excluding carboxylic acids is 1. The van der Waals surface area contributed by atoms with Gasteiger partial charge in [0.1, 0.15) is 6.26 Å². The van der Waals surface area contributed by atoms with E-state index in [4.69, 9.17) is 16.7 Å². The van der Waals surface area contributed by atoms with Crippen LogP contribution in [0.15, 0.2) is 18.1 Å². The molecule has 4 heteroatoms. The number of rotatable bonds is 2. The summed E-state index contributed by atoms with van der Waals surface area (Å²) in [6.45, 7) is 1.26. The van der Waals surface area contributed by atoms with Gasteiger partial charge in [-0.05, 0) is 0 Å². The number of carbonyl (C=O) groups is 1. The Morgan fingerprint density at radius 1 is 1.90 bits per heavy atom. The van der Waals surface area contributed by atoms with Gasteiger partial charge in [0.05, 0.1) is 0 Å². The summed E-state index contributed by atoms with van der Waals surface area (Å²) in [4.78, 5) is 10.1. The monoisotopic (exact) mass is 162 g/mol. The van der Waals surface area contributed by atoms with Gasteiger partial charge in [-0.3, -0.25) is 4.79 Å². The zero-order valence-electron chi connectivity index (χ0n) is 5.37. The first-order valence-electron chi connectivity index (χ1n) is 2.53. The molecule has 0 heterocycles. The average molecular weight is 163 g/mol. The van der Waals surface area contributed by atoms with Crippen molar-refractivity contribution < 1.29 is 14.6 Å². The van der Waals surface area contributed by atoms with Gasteiger partial charge in [-0.2, -0.15) is 0 Å². The van der Waals surface area contributed by atoms with Gasteiger partial charge in [0.2, 0.25) is 0 Å². The summed E-state index contributed by atoms with van der Waals surface area (Å²) in [6, 6.07) is 0. The Balaban J connectivity index is 3.65. The van der Waals surface area contributed by atoms with E-state index in [1.54, 1.807) is 0 Å². The zero-order chi connectivity index (χ0) is 7.98. The molecule has 0 aromatic carbocycles. The Hall–Kier alpha value is -0.760. The molecular weight excluding hydrogens is 156 g/mol. The number of aliphatic hydroxyl groups is 1. The number of hydrogen-bond donors (Lipinski definition) is 1. The topological polar surface area (TPSA) is 46.5 Å². The van der Waals surface area contributed by atoms with Gasteiger partial charge < -0.3 is 9.84 Å². The van der Waals surface area contributed by atoms with E-state index in [9.17, 15) is 4.79 Å². The van der Waals surface area contributed by atoms with Crippen molar-refractivity contribution >= 4 is 17.6 Å². The summed E-state index contributed by atoms with van der Waals surface area (Å²) in [5.41, 5.74) is 1.25. The SMILES string of the molecule is CC(=O)OC=C=CC(O)Cl. The second-order valence-electron chi connectivity index (χ2n) is 1.43. The molecule has 0 aliphatic heterocycles. The van der Waals surface area contributed by atoms with E-state index >= 15 is 0 Å². The van der Waals surface area contributed by atoms with Crippen molar-refractivity contribution in [1.29, 1.82) is 0 Å². The van der Waals surface area contributed by atoms with Gasteiger partial charge in [0.25, 0.3) is 0 Å². The number of halogens is 1. The predicted molar refractivity (Wildman–Crippen MR) is 36.3 cm³/mol. The van der Waals surface area contributed by atoms with Crippen LogP contribution in [0, 0.1) is 0 Å². The second kappa shape index (κ2) is 5.06. The van der Waals surface area contributed by atoms with Gasteiger partial charge >= 0.3 is 5.97 Å².